The van der Waals surface area contributed by atoms with Crippen LogP contribution in [0.3, 0.4) is 0 Å². The highest BCUT2D eigenvalue weighted by atomic mass is 35.5. The van der Waals surface area contributed by atoms with Gasteiger partial charge in [0.05, 0.1) is 17.0 Å². The van der Waals surface area contributed by atoms with Gasteiger partial charge in [-0.25, -0.2) is 0 Å². The Hall–Kier alpha value is -3.57. The highest BCUT2D eigenvalue weighted by Gasteiger charge is 2.42. The Balaban J connectivity index is 1.74. The van der Waals surface area contributed by atoms with Crippen LogP contribution in [-0.4, -0.2) is 15.9 Å². The Morgan fingerprint density at radius 2 is 1.70 bits per heavy atom. The second kappa shape index (κ2) is 7.04. The number of amides is 1. The minimum absolute atomic E-state index is 0.0452. The molecule has 148 valence electrons. The third kappa shape index (κ3) is 2.95. The number of fused-ring (bicyclic) bond motifs is 2. The molecular formula is C24H16ClNO4. The summed E-state index contributed by atoms with van der Waals surface area (Å²) in [6, 6.07) is 20.2. The summed E-state index contributed by atoms with van der Waals surface area (Å²) < 4.78 is 5.90. The molecule has 3 aromatic carbocycles. The molecule has 1 N–H and O–H groups in total. The van der Waals surface area contributed by atoms with Gasteiger partial charge in [0.2, 0.25) is 5.76 Å². The summed E-state index contributed by atoms with van der Waals surface area (Å²) >= 11 is 6.09. The number of benzene rings is 3. The van der Waals surface area contributed by atoms with Crippen LogP contribution in [0.2, 0.25) is 5.02 Å². The van der Waals surface area contributed by atoms with Crippen LogP contribution in [0.1, 0.15) is 33.3 Å². The van der Waals surface area contributed by atoms with Crippen LogP contribution in [0.15, 0.2) is 82.0 Å². The van der Waals surface area contributed by atoms with E-state index in [2.05, 4.69) is 0 Å². The topological polar surface area (TPSA) is 70.8 Å². The number of rotatable bonds is 3. The molecule has 5 rings (SSSR count). The van der Waals surface area contributed by atoms with E-state index in [1.165, 1.54) is 12.1 Å². The molecule has 1 aliphatic rings. The highest BCUT2D eigenvalue weighted by Crippen LogP contribution is 2.39. The number of phenols is 1. The van der Waals surface area contributed by atoms with E-state index in [9.17, 15) is 14.7 Å². The molecule has 1 aromatic heterocycles. The summed E-state index contributed by atoms with van der Waals surface area (Å²) in [6.07, 6.45) is 0. The molecular weight excluding hydrogens is 402 g/mol. The maximum Gasteiger partial charge on any atom is 0.291 e. The summed E-state index contributed by atoms with van der Waals surface area (Å²) in [5.74, 6) is -0.194. The molecule has 0 spiro atoms. The van der Waals surface area contributed by atoms with Gasteiger partial charge in [-0.2, -0.15) is 0 Å². The summed E-state index contributed by atoms with van der Waals surface area (Å²) in [4.78, 5) is 28.4. The van der Waals surface area contributed by atoms with Crippen LogP contribution in [0.5, 0.6) is 5.75 Å². The molecule has 1 atom stereocenters. The molecule has 2 heterocycles. The first-order valence-corrected chi connectivity index (χ1v) is 9.81. The average molecular weight is 418 g/mol. The smallest absolute Gasteiger partial charge is 0.291 e. The Morgan fingerprint density at radius 1 is 0.967 bits per heavy atom. The molecule has 0 saturated heterocycles. The molecule has 0 aliphatic carbocycles. The van der Waals surface area contributed by atoms with Gasteiger partial charge >= 0.3 is 0 Å². The number of phenolic OH excluding ortho intramolecular Hbond substituents is 1. The number of aromatic hydroxyl groups is 1. The number of hydrogen-bond acceptors (Lipinski definition) is 4. The van der Waals surface area contributed by atoms with E-state index >= 15 is 0 Å². The van der Waals surface area contributed by atoms with Gasteiger partial charge in [-0.3, -0.25) is 9.59 Å². The lowest BCUT2D eigenvalue weighted by molar-refractivity contribution is 0.0714. The zero-order valence-corrected chi connectivity index (χ0v) is 16.5. The van der Waals surface area contributed by atoms with E-state index in [1.807, 2.05) is 30.3 Å². The lowest BCUT2D eigenvalue weighted by Crippen LogP contribution is -2.29. The van der Waals surface area contributed by atoms with E-state index < -0.39 is 6.04 Å². The van der Waals surface area contributed by atoms with Gasteiger partial charge in [0.15, 0.2) is 5.43 Å². The molecule has 0 bridgehead atoms. The van der Waals surface area contributed by atoms with Gasteiger partial charge in [0.1, 0.15) is 11.3 Å². The molecule has 0 saturated carbocycles. The maximum atomic E-state index is 13.4. The first-order valence-electron chi connectivity index (χ1n) is 9.43. The summed E-state index contributed by atoms with van der Waals surface area (Å²) in [7, 11) is 0. The number of carbonyl (C=O) groups is 1. The van der Waals surface area contributed by atoms with Crippen molar-refractivity contribution in [2.45, 2.75) is 12.6 Å². The Kier molecular flexibility index (Phi) is 4.33. The van der Waals surface area contributed by atoms with E-state index in [-0.39, 0.29) is 28.4 Å². The van der Waals surface area contributed by atoms with Crippen molar-refractivity contribution in [3.63, 3.8) is 0 Å². The number of carbonyl (C=O) groups excluding carboxylic acids is 1. The Labute approximate surface area is 176 Å². The van der Waals surface area contributed by atoms with Gasteiger partial charge in [0, 0.05) is 11.6 Å². The first-order chi connectivity index (χ1) is 14.5. The quantitative estimate of drug-likeness (QED) is 0.514. The molecule has 0 radical (unpaired) electrons. The first kappa shape index (κ1) is 18.5. The standard InChI is InChI=1S/C24H16ClNO4/c25-16-8-11-19-18(12-16)22(28)20-21(15-6-9-17(27)10-7-15)26(24(29)23(20)30-19)13-14-4-2-1-3-5-14/h1-12,21,27H,13H2. The fourth-order valence-corrected chi connectivity index (χ4v) is 4.11. The lowest BCUT2D eigenvalue weighted by atomic mass is 9.98. The van der Waals surface area contributed by atoms with Crippen molar-refractivity contribution in [1.82, 2.24) is 4.90 Å². The van der Waals surface area contributed by atoms with E-state index in [0.717, 1.165) is 5.56 Å². The zero-order chi connectivity index (χ0) is 20.8. The molecule has 4 aromatic rings. The SMILES string of the molecule is O=C1c2oc3ccc(Cl)cc3c(=O)c2C(c2ccc(O)cc2)N1Cc1ccccc1. The van der Waals surface area contributed by atoms with Crippen molar-refractivity contribution >= 4 is 28.5 Å². The van der Waals surface area contributed by atoms with E-state index in [4.69, 9.17) is 16.0 Å². The lowest BCUT2D eigenvalue weighted by Gasteiger charge is -2.25. The number of nitrogens with zero attached hydrogens (tertiary/aromatic N) is 1. The van der Waals surface area contributed by atoms with Gasteiger partial charge in [-0.05, 0) is 41.5 Å². The Bertz CT molecular complexity index is 1330. The van der Waals surface area contributed by atoms with Crippen LogP contribution in [0, 0.1) is 0 Å². The van der Waals surface area contributed by atoms with Crippen molar-refractivity contribution in [2.75, 3.05) is 0 Å². The normalized spacial score (nSPS) is 15.6. The molecule has 0 fully saturated rings. The van der Waals surface area contributed by atoms with Crippen molar-refractivity contribution in [3.8, 4) is 5.75 Å². The second-order valence-corrected chi connectivity index (χ2v) is 7.66. The highest BCUT2D eigenvalue weighted by molar-refractivity contribution is 6.31. The summed E-state index contributed by atoms with van der Waals surface area (Å²) in [5.41, 5.74) is 1.97. The van der Waals surface area contributed by atoms with Gasteiger partial charge in [-0.1, -0.05) is 54.1 Å². The van der Waals surface area contributed by atoms with Crippen LogP contribution >= 0.6 is 11.6 Å². The van der Waals surface area contributed by atoms with E-state index in [1.54, 1.807) is 35.2 Å². The molecule has 1 unspecified atom stereocenters. The predicted molar refractivity (Wildman–Crippen MR) is 114 cm³/mol. The fraction of sp³-hybridized carbons (Fsp3) is 0.0833. The van der Waals surface area contributed by atoms with Crippen molar-refractivity contribution in [3.05, 3.63) is 110 Å². The van der Waals surface area contributed by atoms with Crippen LogP contribution < -0.4 is 5.43 Å². The minimum atomic E-state index is -0.632. The average Bonchev–Trinajstić information content (AvgIpc) is 3.02. The predicted octanol–water partition coefficient (Wildman–Crippen LogP) is 4.90. The summed E-state index contributed by atoms with van der Waals surface area (Å²) in [5, 5.41) is 10.4. The van der Waals surface area contributed by atoms with Crippen molar-refractivity contribution in [2.24, 2.45) is 0 Å². The van der Waals surface area contributed by atoms with Crippen molar-refractivity contribution in [1.29, 1.82) is 0 Å². The zero-order valence-electron chi connectivity index (χ0n) is 15.7. The molecule has 1 amide bonds. The van der Waals surface area contributed by atoms with Gasteiger partial charge < -0.3 is 14.4 Å². The molecule has 1 aliphatic heterocycles. The Morgan fingerprint density at radius 3 is 2.43 bits per heavy atom. The largest absolute Gasteiger partial charge is 0.508 e. The number of hydrogen-bond donors (Lipinski definition) is 1. The van der Waals surface area contributed by atoms with Crippen LogP contribution in [0.25, 0.3) is 11.0 Å². The number of halogens is 1. The van der Waals surface area contributed by atoms with Crippen molar-refractivity contribution < 1.29 is 14.3 Å². The monoisotopic (exact) mass is 417 g/mol. The third-order valence-electron chi connectivity index (χ3n) is 5.33. The van der Waals surface area contributed by atoms with Crippen LogP contribution in [-0.2, 0) is 6.54 Å². The van der Waals surface area contributed by atoms with E-state index in [0.29, 0.717) is 28.1 Å². The second-order valence-electron chi connectivity index (χ2n) is 7.23. The molecule has 30 heavy (non-hydrogen) atoms. The third-order valence-corrected chi connectivity index (χ3v) is 5.57. The van der Waals surface area contributed by atoms with Crippen LogP contribution in [0.4, 0.5) is 0 Å². The fourth-order valence-electron chi connectivity index (χ4n) is 3.94. The molecule has 6 heteroatoms. The van der Waals surface area contributed by atoms with Gasteiger partial charge in [-0.15, -0.1) is 0 Å². The minimum Gasteiger partial charge on any atom is -0.508 e. The molecule has 5 nitrogen and oxygen atoms in total. The van der Waals surface area contributed by atoms with Gasteiger partial charge in [0.25, 0.3) is 5.91 Å². The maximum absolute atomic E-state index is 13.4. The summed E-state index contributed by atoms with van der Waals surface area (Å²) in [6.45, 7) is 0.311.